The van der Waals surface area contributed by atoms with Crippen molar-refractivity contribution in [3.63, 3.8) is 0 Å². The van der Waals surface area contributed by atoms with Crippen LogP contribution in [0.2, 0.25) is 0 Å². The first-order chi connectivity index (χ1) is 7.97. The standard InChI is InChI=1S/C11H20N2O4/c1-2-3-4-8(12)10(15)13-6-7(14)5-9(13)11(16)17/h7-9,14H,2-6,12H2,1H3,(H,16,17)/t7-,8-,9-/m0/s1. The zero-order valence-corrected chi connectivity index (χ0v) is 10.0. The maximum atomic E-state index is 11.9. The van der Waals surface area contributed by atoms with Gasteiger partial charge in [0.15, 0.2) is 0 Å². The second kappa shape index (κ2) is 5.97. The number of β-amino-alcohol motifs (C(OH)–C–C–N with tert-alkyl or cyclic N) is 1. The van der Waals surface area contributed by atoms with E-state index in [1.807, 2.05) is 6.92 Å². The third-order valence-electron chi connectivity index (χ3n) is 3.03. The number of carbonyl (C=O) groups is 2. The first-order valence-electron chi connectivity index (χ1n) is 5.94. The summed E-state index contributed by atoms with van der Waals surface area (Å²) in [6.45, 7) is 2.06. The topological polar surface area (TPSA) is 104 Å². The molecule has 6 heteroatoms. The van der Waals surface area contributed by atoms with E-state index in [0.29, 0.717) is 6.42 Å². The molecule has 4 N–H and O–H groups in total. The monoisotopic (exact) mass is 244 g/mol. The van der Waals surface area contributed by atoms with Gasteiger partial charge in [0.1, 0.15) is 6.04 Å². The molecule has 1 amide bonds. The van der Waals surface area contributed by atoms with E-state index in [9.17, 15) is 14.7 Å². The molecule has 3 atom stereocenters. The van der Waals surface area contributed by atoms with E-state index in [4.69, 9.17) is 10.8 Å². The Labute approximate surface area is 100 Å². The highest BCUT2D eigenvalue weighted by atomic mass is 16.4. The van der Waals surface area contributed by atoms with Gasteiger partial charge < -0.3 is 20.8 Å². The SMILES string of the molecule is CCCC[C@H](N)C(=O)N1C[C@@H](O)C[C@H]1C(=O)O. The van der Waals surface area contributed by atoms with Crippen molar-refractivity contribution in [3.8, 4) is 0 Å². The van der Waals surface area contributed by atoms with Gasteiger partial charge in [-0.3, -0.25) is 4.79 Å². The van der Waals surface area contributed by atoms with E-state index in [1.165, 1.54) is 4.90 Å². The molecule has 0 spiro atoms. The summed E-state index contributed by atoms with van der Waals surface area (Å²) in [4.78, 5) is 24.1. The molecule has 0 aromatic carbocycles. The Morgan fingerprint density at radius 2 is 2.18 bits per heavy atom. The van der Waals surface area contributed by atoms with Crippen LogP contribution in [0.3, 0.4) is 0 Å². The predicted octanol–water partition coefficient (Wildman–Crippen LogP) is -0.450. The van der Waals surface area contributed by atoms with Crippen LogP contribution in [0.5, 0.6) is 0 Å². The van der Waals surface area contributed by atoms with E-state index in [-0.39, 0.29) is 18.9 Å². The molecule has 0 saturated carbocycles. The van der Waals surface area contributed by atoms with Gasteiger partial charge >= 0.3 is 5.97 Å². The van der Waals surface area contributed by atoms with E-state index in [1.54, 1.807) is 0 Å². The summed E-state index contributed by atoms with van der Waals surface area (Å²) in [6, 6.07) is -1.60. The largest absolute Gasteiger partial charge is 0.480 e. The van der Waals surface area contributed by atoms with Gasteiger partial charge in [-0.25, -0.2) is 4.79 Å². The number of unbranched alkanes of at least 4 members (excludes halogenated alkanes) is 1. The first-order valence-corrected chi connectivity index (χ1v) is 5.94. The summed E-state index contributed by atoms with van der Waals surface area (Å²) in [5.41, 5.74) is 5.73. The van der Waals surface area contributed by atoms with Crippen LogP contribution in [-0.4, -0.2) is 51.7 Å². The van der Waals surface area contributed by atoms with Crippen molar-refractivity contribution in [1.82, 2.24) is 4.90 Å². The fraction of sp³-hybridized carbons (Fsp3) is 0.818. The van der Waals surface area contributed by atoms with Crippen LogP contribution in [0.15, 0.2) is 0 Å². The highest BCUT2D eigenvalue weighted by Gasteiger charge is 2.40. The number of aliphatic hydroxyl groups excluding tert-OH is 1. The summed E-state index contributed by atoms with van der Waals surface area (Å²) in [7, 11) is 0. The van der Waals surface area contributed by atoms with Crippen LogP contribution in [0.4, 0.5) is 0 Å². The van der Waals surface area contributed by atoms with E-state index in [0.717, 1.165) is 12.8 Å². The molecular formula is C11H20N2O4. The molecule has 0 aliphatic carbocycles. The molecule has 1 heterocycles. The normalized spacial score (nSPS) is 25.9. The van der Waals surface area contributed by atoms with Crippen molar-refractivity contribution in [2.45, 2.75) is 50.8 Å². The number of likely N-dealkylation sites (tertiary alicyclic amines) is 1. The zero-order chi connectivity index (χ0) is 13.0. The number of carboxylic acid groups (broad SMARTS) is 1. The van der Waals surface area contributed by atoms with Crippen LogP contribution in [-0.2, 0) is 9.59 Å². The Morgan fingerprint density at radius 3 is 2.71 bits per heavy atom. The molecule has 1 rings (SSSR count). The summed E-state index contributed by atoms with van der Waals surface area (Å²) >= 11 is 0. The van der Waals surface area contributed by atoms with E-state index >= 15 is 0 Å². The van der Waals surface area contributed by atoms with Gasteiger partial charge in [-0.15, -0.1) is 0 Å². The average molecular weight is 244 g/mol. The molecule has 17 heavy (non-hydrogen) atoms. The number of carbonyl (C=O) groups excluding carboxylic acids is 1. The van der Waals surface area contributed by atoms with Crippen molar-refractivity contribution in [2.24, 2.45) is 5.73 Å². The molecule has 0 bridgehead atoms. The predicted molar refractivity (Wildman–Crippen MR) is 61.3 cm³/mol. The third kappa shape index (κ3) is 3.41. The van der Waals surface area contributed by atoms with Crippen LogP contribution in [0.1, 0.15) is 32.6 Å². The Kier molecular flexibility index (Phi) is 4.89. The lowest BCUT2D eigenvalue weighted by Gasteiger charge is -2.24. The lowest BCUT2D eigenvalue weighted by Crippen LogP contribution is -2.48. The Balaban J connectivity index is 2.63. The van der Waals surface area contributed by atoms with Crippen LogP contribution < -0.4 is 5.73 Å². The third-order valence-corrected chi connectivity index (χ3v) is 3.03. The maximum absolute atomic E-state index is 11.9. The Hall–Kier alpha value is -1.14. The minimum atomic E-state index is -1.09. The number of nitrogens with zero attached hydrogens (tertiary/aromatic N) is 1. The molecule has 1 fully saturated rings. The van der Waals surface area contributed by atoms with E-state index in [2.05, 4.69) is 0 Å². The maximum Gasteiger partial charge on any atom is 0.326 e. The fourth-order valence-electron chi connectivity index (χ4n) is 2.05. The minimum Gasteiger partial charge on any atom is -0.480 e. The molecular weight excluding hydrogens is 224 g/mol. The second-order valence-electron chi connectivity index (χ2n) is 4.48. The molecule has 98 valence electrons. The van der Waals surface area contributed by atoms with Gasteiger partial charge in [0.2, 0.25) is 5.91 Å². The highest BCUT2D eigenvalue weighted by Crippen LogP contribution is 2.19. The van der Waals surface area contributed by atoms with Gasteiger partial charge in [-0.05, 0) is 6.42 Å². The van der Waals surface area contributed by atoms with Crippen molar-refractivity contribution in [2.75, 3.05) is 6.54 Å². The number of hydrogen-bond acceptors (Lipinski definition) is 4. The number of aliphatic hydroxyl groups is 1. The summed E-state index contributed by atoms with van der Waals surface area (Å²) in [5.74, 6) is -1.46. The number of nitrogens with two attached hydrogens (primary N) is 1. The van der Waals surface area contributed by atoms with Gasteiger partial charge in [0, 0.05) is 13.0 Å². The average Bonchev–Trinajstić information content (AvgIpc) is 2.67. The number of aliphatic carboxylic acids is 1. The molecule has 1 saturated heterocycles. The molecule has 0 radical (unpaired) electrons. The van der Waals surface area contributed by atoms with Gasteiger partial charge in [0.05, 0.1) is 12.1 Å². The zero-order valence-electron chi connectivity index (χ0n) is 10.0. The molecule has 0 aromatic rings. The number of rotatable bonds is 5. The number of carboxylic acids is 1. The van der Waals surface area contributed by atoms with Gasteiger partial charge in [0.25, 0.3) is 0 Å². The second-order valence-corrected chi connectivity index (χ2v) is 4.48. The number of hydrogen-bond donors (Lipinski definition) is 3. The Bertz CT molecular complexity index is 295. The Morgan fingerprint density at radius 1 is 1.53 bits per heavy atom. The lowest BCUT2D eigenvalue weighted by molar-refractivity contribution is -0.148. The summed E-state index contributed by atoms with van der Waals surface area (Å²) in [6.07, 6.45) is 1.64. The quantitative estimate of drug-likeness (QED) is 0.607. The van der Waals surface area contributed by atoms with E-state index < -0.39 is 24.2 Å². The summed E-state index contributed by atoms with van der Waals surface area (Å²) in [5, 5.41) is 18.4. The molecule has 6 nitrogen and oxygen atoms in total. The molecule has 0 aromatic heterocycles. The van der Waals surface area contributed by atoms with Crippen molar-refractivity contribution >= 4 is 11.9 Å². The van der Waals surface area contributed by atoms with Gasteiger partial charge in [-0.2, -0.15) is 0 Å². The fourth-order valence-corrected chi connectivity index (χ4v) is 2.05. The lowest BCUT2D eigenvalue weighted by atomic mass is 10.1. The smallest absolute Gasteiger partial charge is 0.326 e. The van der Waals surface area contributed by atoms with Crippen molar-refractivity contribution in [3.05, 3.63) is 0 Å². The highest BCUT2D eigenvalue weighted by molar-refractivity contribution is 5.87. The molecule has 0 unspecified atom stereocenters. The van der Waals surface area contributed by atoms with Crippen LogP contribution in [0, 0.1) is 0 Å². The van der Waals surface area contributed by atoms with Crippen LogP contribution in [0.25, 0.3) is 0 Å². The summed E-state index contributed by atoms with van der Waals surface area (Å²) < 4.78 is 0. The minimum absolute atomic E-state index is 0.0651. The molecule has 1 aliphatic rings. The van der Waals surface area contributed by atoms with Crippen molar-refractivity contribution < 1.29 is 19.8 Å². The number of amides is 1. The molecule has 1 aliphatic heterocycles. The van der Waals surface area contributed by atoms with Crippen LogP contribution >= 0.6 is 0 Å². The van der Waals surface area contributed by atoms with Crippen molar-refractivity contribution in [1.29, 1.82) is 0 Å². The van der Waals surface area contributed by atoms with Gasteiger partial charge in [-0.1, -0.05) is 19.8 Å². The first kappa shape index (κ1) is 13.9.